The maximum atomic E-state index is 10.9. The molecule has 0 aromatic rings. The predicted octanol–water partition coefficient (Wildman–Crippen LogP) is -1.37. The van der Waals surface area contributed by atoms with Gasteiger partial charge in [-0.25, -0.2) is 0 Å². The number of aliphatic hydroxyl groups excluding tert-OH is 1. The number of amides is 2. The normalized spacial score (nSPS) is 24.0. The summed E-state index contributed by atoms with van der Waals surface area (Å²) < 4.78 is 0. The van der Waals surface area contributed by atoms with Gasteiger partial charge in [0.05, 0.1) is 19.1 Å². The number of hydrazine groups is 1. The topological polar surface area (TPSA) is 69.6 Å². The molecule has 2 amide bonds. The van der Waals surface area contributed by atoms with E-state index in [2.05, 4.69) is 5.43 Å². The summed E-state index contributed by atoms with van der Waals surface area (Å²) in [4.78, 5) is 21.3. The Kier molecular flexibility index (Phi) is 2.09. The molecule has 1 heterocycles. The molecule has 2 N–H and O–H groups in total. The van der Waals surface area contributed by atoms with Crippen LogP contribution in [0.2, 0.25) is 0 Å². The first kappa shape index (κ1) is 8.00. The van der Waals surface area contributed by atoms with Gasteiger partial charge in [0, 0.05) is 6.92 Å². The Bertz CT molecular complexity index is 192. The molecule has 1 aliphatic heterocycles. The third kappa shape index (κ3) is 1.91. The summed E-state index contributed by atoms with van der Waals surface area (Å²) in [5.74, 6) is -0.542. The number of hydrogen-bond donors (Lipinski definition) is 2. The van der Waals surface area contributed by atoms with Crippen LogP contribution in [-0.4, -0.2) is 34.6 Å². The molecule has 1 fully saturated rings. The monoisotopic (exact) mass is 158 g/mol. The fourth-order valence-electron chi connectivity index (χ4n) is 0.987. The summed E-state index contributed by atoms with van der Waals surface area (Å²) >= 11 is 0. The van der Waals surface area contributed by atoms with Crippen LogP contribution in [0.3, 0.4) is 0 Å². The van der Waals surface area contributed by atoms with Crippen molar-refractivity contribution in [2.75, 3.05) is 6.54 Å². The maximum Gasteiger partial charge on any atom is 0.243 e. The second-order valence-corrected chi connectivity index (χ2v) is 2.53. The Labute approximate surface area is 64.0 Å². The maximum absolute atomic E-state index is 10.9. The zero-order valence-corrected chi connectivity index (χ0v) is 6.20. The molecule has 0 aliphatic carbocycles. The van der Waals surface area contributed by atoms with Crippen LogP contribution in [0.1, 0.15) is 13.3 Å². The number of nitrogens with zero attached hydrogens (tertiary/aromatic N) is 1. The van der Waals surface area contributed by atoms with Crippen LogP contribution in [0.5, 0.6) is 0 Å². The molecule has 5 nitrogen and oxygen atoms in total. The fourth-order valence-corrected chi connectivity index (χ4v) is 0.987. The largest absolute Gasteiger partial charge is 0.391 e. The van der Waals surface area contributed by atoms with E-state index < -0.39 is 6.10 Å². The van der Waals surface area contributed by atoms with Crippen molar-refractivity contribution < 1.29 is 14.7 Å². The minimum atomic E-state index is -0.644. The van der Waals surface area contributed by atoms with Gasteiger partial charge in [0.25, 0.3) is 0 Å². The fraction of sp³-hybridized carbons (Fsp3) is 0.667. The van der Waals surface area contributed by atoms with Gasteiger partial charge in [-0.2, -0.15) is 0 Å². The number of aliphatic hydroxyl groups is 1. The Morgan fingerprint density at radius 3 is 2.82 bits per heavy atom. The van der Waals surface area contributed by atoms with E-state index in [4.69, 9.17) is 5.11 Å². The third-order valence-electron chi connectivity index (χ3n) is 1.40. The molecule has 1 rings (SSSR count). The molecule has 0 radical (unpaired) electrons. The highest BCUT2D eigenvalue weighted by atomic mass is 16.3. The first-order valence-electron chi connectivity index (χ1n) is 3.35. The SMILES string of the molecule is CC(=O)NN1C[C@@H](O)CC1=O. The Hall–Kier alpha value is -1.10. The van der Waals surface area contributed by atoms with E-state index in [9.17, 15) is 9.59 Å². The lowest BCUT2D eigenvalue weighted by Gasteiger charge is -2.14. The van der Waals surface area contributed by atoms with Crippen molar-refractivity contribution in [2.24, 2.45) is 0 Å². The molecule has 11 heavy (non-hydrogen) atoms. The second kappa shape index (κ2) is 2.87. The van der Waals surface area contributed by atoms with E-state index in [1.807, 2.05) is 0 Å². The molecule has 62 valence electrons. The summed E-state index contributed by atoms with van der Waals surface area (Å²) in [5, 5.41) is 10.1. The van der Waals surface area contributed by atoms with Gasteiger partial charge in [-0.15, -0.1) is 0 Å². The Morgan fingerprint density at radius 1 is 1.82 bits per heavy atom. The molecule has 0 aromatic carbocycles. The number of hydrogen-bond acceptors (Lipinski definition) is 3. The molecule has 0 saturated carbocycles. The summed E-state index contributed by atoms with van der Waals surface area (Å²) in [7, 11) is 0. The third-order valence-corrected chi connectivity index (χ3v) is 1.40. The number of carbonyl (C=O) groups is 2. The van der Waals surface area contributed by atoms with Crippen LogP contribution in [0, 0.1) is 0 Å². The molecule has 0 aromatic heterocycles. The van der Waals surface area contributed by atoms with Gasteiger partial charge in [0.15, 0.2) is 0 Å². The summed E-state index contributed by atoms with van der Waals surface area (Å²) in [6.07, 6.45) is -0.547. The summed E-state index contributed by atoms with van der Waals surface area (Å²) in [5.41, 5.74) is 2.31. The van der Waals surface area contributed by atoms with Crippen molar-refractivity contribution in [2.45, 2.75) is 19.4 Å². The van der Waals surface area contributed by atoms with E-state index in [1.165, 1.54) is 6.92 Å². The zero-order valence-electron chi connectivity index (χ0n) is 6.20. The number of β-amino-alcohol motifs (C(OH)–C–C–N with tert-alkyl or cyclic N) is 1. The van der Waals surface area contributed by atoms with Crippen molar-refractivity contribution in [3.63, 3.8) is 0 Å². The smallest absolute Gasteiger partial charge is 0.243 e. The quantitative estimate of drug-likeness (QED) is 0.494. The predicted molar refractivity (Wildman–Crippen MR) is 36.2 cm³/mol. The average molecular weight is 158 g/mol. The van der Waals surface area contributed by atoms with Gasteiger partial charge < -0.3 is 5.11 Å². The number of rotatable bonds is 1. The van der Waals surface area contributed by atoms with Gasteiger partial charge in [-0.05, 0) is 0 Å². The Balaban J connectivity index is 2.47. The highest BCUT2D eigenvalue weighted by Gasteiger charge is 2.28. The van der Waals surface area contributed by atoms with Crippen LogP contribution < -0.4 is 5.43 Å². The van der Waals surface area contributed by atoms with Gasteiger partial charge in [-0.1, -0.05) is 0 Å². The molecule has 1 aliphatic rings. The van der Waals surface area contributed by atoms with E-state index >= 15 is 0 Å². The lowest BCUT2D eigenvalue weighted by Crippen LogP contribution is -2.42. The van der Waals surface area contributed by atoms with Gasteiger partial charge in [0.2, 0.25) is 11.8 Å². The Morgan fingerprint density at radius 2 is 2.45 bits per heavy atom. The van der Waals surface area contributed by atoms with Crippen molar-refractivity contribution in [1.82, 2.24) is 10.4 Å². The van der Waals surface area contributed by atoms with E-state index in [-0.39, 0.29) is 24.8 Å². The summed E-state index contributed by atoms with van der Waals surface area (Å²) in [6.45, 7) is 1.51. The van der Waals surface area contributed by atoms with Crippen LogP contribution in [-0.2, 0) is 9.59 Å². The minimum absolute atomic E-state index is 0.0975. The molecule has 0 unspecified atom stereocenters. The van der Waals surface area contributed by atoms with E-state index in [1.54, 1.807) is 0 Å². The summed E-state index contributed by atoms with van der Waals surface area (Å²) in [6, 6.07) is 0. The van der Waals surface area contributed by atoms with E-state index in [0.717, 1.165) is 5.01 Å². The lowest BCUT2D eigenvalue weighted by atomic mass is 10.3. The highest BCUT2D eigenvalue weighted by Crippen LogP contribution is 2.06. The van der Waals surface area contributed by atoms with Gasteiger partial charge in [0.1, 0.15) is 0 Å². The molecule has 1 atom stereocenters. The van der Waals surface area contributed by atoms with Gasteiger partial charge in [-0.3, -0.25) is 20.0 Å². The molecule has 0 bridgehead atoms. The van der Waals surface area contributed by atoms with Crippen molar-refractivity contribution in [1.29, 1.82) is 0 Å². The molecular formula is C6H10N2O3. The van der Waals surface area contributed by atoms with Crippen molar-refractivity contribution in [3.05, 3.63) is 0 Å². The number of carbonyl (C=O) groups excluding carboxylic acids is 2. The van der Waals surface area contributed by atoms with E-state index in [0.29, 0.717) is 0 Å². The average Bonchev–Trinajstić information content (AvgIpc) is 2.09. The lowest BCUT2D eigenvalue weighted by molar-refractivity contribution is -0.137. The highest BCUT2D eigenvalue weighted by molar-refractivity contribution is 5.82. The molecule has 5 heteroatoms. The van der Waals surface area contributed by atoms with Crippen LogP contribution in [0.4, 0.5) is 0 Å². The molecule has 1 saturated heterocycles. The van der Waals surface area contributed by atoms with Crippen LogP contribution >= 0.6 is 0 Å². The van der Waals surface area contributed by atoms with Crippen LogP contribution in [0.15, 0.2) is 0 Å². The zero-order chi connectivity index (χ0) is 8.43. The molecule has 0 spiro atoms. The standard InChI is InChI=1S/C6H10N2O3/c1-4(9)7-8-3-5(10)2-6(8)11/h5,10H,2-3H2,1H3,(H,7,9)/t5-/m0/s1. The first-order valence-corrected chi connectivity index (χ1v) is 3.35. The second-order valence-electron chi connectivity index (χ2n) is 2.53. The minimum Gasteiger partial charge on any atom is -0.391 e. The number of nitrogens with one attached hydrogen (secondary N) is 1. The van der Waals surface area contributed by atoms with Crippen LogP contribution in [0.25, 0.3) is 0 Å². The molecular weight excluding hydrogens is 148 g/mol. The van der Waals surface area contributed by atoms with Crippen molar-refractivity contribution in [3.8, 4) is 0 Å². The van der Waals surface area contributed by atoms with Gasteiger partial charge >= 0.3 is 0 Å². The first-order chi connectivity index (χ1) is 5.09. The van der Waals surface area contributed by atoms with Crippen molar-refractivity contribution >= 4 is 11.8 Å².